The number of aryl methyl sites for hydroxylation is 3. The Bertz CT molecular complexity index is 1940. The van der Waals surface area contributed by atoms with Crippen LogP contribution in [0.4, 0.5) is 5.82 Å². The van der Waals surface area contributed by atoms with Crippen LogP contribution in [0.25, 0.3) is 33.7 Å². The Labute approximate surface area is 270 Å². The summed E-state index contributed by atoms with van der Waals surface area (Å²) in [7, 11) is -1.28. The zero-order valence-electron chi connectivity index (χ0n) is 26.4. The zero-order valence-corrected chi connectivity index (χ0v) is 27.2. The minimum absolute atomic E-state index is 0.0780. The lowest BCUT2D eigenvalue weighted by molar-refractivity contribution is 0.0639. The van der Waals surface area contributed by atoms with E-state index in [1.165, 1.54) is 5.56 Å². The quantitative estimate of drug-likeness (QED) is 0.190. The molecule has 3 unspecified atom stereocenters. The molecule has 1 aliphatic carbocycles. The van der Waals surface area contributed by atoms with E-state index in [1.807, 2.05) is 24.4 Å². The maximum Gasteiger partial charge on any atom is 0.250 e. The Morgan fingerprint density at radius 1 is 1.04 bits per heavy atom. The van der Waals surface area contributed by atoms with Crippen LogP contribution in [0.2, 0.25) is 0 Å². The average molecular weight is 639 g/mol. The topological polar surface area (TPSA) is 129 Å². The molecule has 0 bridgehead atoms. The summed E-state index contributed by atoms with van der Waals surface area (Å²) in [6, 6.07) is 8.18. The molecule has 11 heteroatoms. The van der Waals surface area contributed by atoms with Gasteiger partial charge in [-0.25, -0.2) is 4.98 Å². The van der Waals surface area contributed by atoms with Crippen molar-refractivity contribution in [3.8, 4) is 22.8 Å². The van der Waals surface area contributed by atoms with Crippen LogP contribution in [-0.2, 0) is 28.4 Å². The highest BCUT2D eigenvalue weighted by molar-refractivity contribution is 7.85. The predicted molar refractivity (Wildman–Crippen MR) is 175 cm³/mol. The van der Waals surface area contributed by atoms with E-state index in [1.54, 1.807) is 13.1 Å². The molecule has 8 rings (SSSR count). The van der Waals surface area contributed by atoms with Crippen molar-refractivity contribution in [2.75, 3.05) is 24.3 Å². The first kappa shape index (κ1) is 29.4. The van der Waals surface area contributed by atoms with Crippen LogP contribution in [0, 0.1) is 18.8 Å². The fourth-order valence-corrected chi connectivity index (χ4v) is 9.19. The van der Waals surface area contributed by atoms with Gasteiger partial charge in [-0.1, -0.05) is 19.9 Å². The number of aromatic nitrogens is 5. The van der Waals surface area contributed by atoms with Crippen molar-refractivity contribution in [1.29, 1.82) is 0 Å². The molecule has 0 aromatic carbocycles. The minimum Gasteiger partial charge on any atom is -0.452 e. The molecular formula is C35H38N6O4S. The van der Waals surface area contributed by atoms with Crippen LogP contribution in [0.1, 0.15) is 80.0 Å². The summed E-state index contributed by atoms with van der Waals surface area (Å²) in [5.41, 5.74) is 6.22. The first-order valence-electron chi connectivity index (χ1n) is 16.4. The molecule has 2 aliphatic heterocycles. The van der Waals surface area contributed by atoms with E-state index in [4.69, 9.17) is 23.5 Å². The van der Waals surface area contributed by atoms with Crippen molar-refractivity contribution in [3.63, 3.8) is 0 Å². The van der Waals surface area contributed by atoms with Crippen LogP contribution in [0.5, 0.6) is 0 Å². The number of hydrogen-bond acceptors (Lipinski definition) is 10. The molecule has 0 saturated carbocycles. The van der Waals surface area contributed by atoms with Gasteiger partial charge in [0, 0.05) is 60.8 Å². The molecule has 0 spiro atoms. The number of furan rings is 1. The van der Waals surface area contributed by atoms with E-state index in [2.05, 4.69) is 40.4 Å². The van der Waals surface area contributed by atoms with Gasteiger partial charge >= 0.3 is 0 Å². The fourth-order valence-electron chi connectivity index (χ4n) is 7.29. The van der Waals surface area contributed by atoms with Gasteiger partial charge in [0.2, 0.25) is 11.8 Å². The number of hydrogen-bond donors (Lipinski definition) is 1. The fraction of sp³-hybridized carbons (Fsp3) is 0.457. The highest BCUT2D eigenvalue weighted by atomic mass is 32.2. The molecule has 46 heavy (non-hydrogen) atoms. The van der Waals surface area contributed by atoms with Gasteiger partial charge in [-0.2, -0.15) is 0 Å². The van der Waals surface area contributed by atoms with E-state index >= 15 is 0 Å². The van der Waals surface area contributed by atoms with Gasteiger partial charge in [-0.3, -0.25) is 14.2 Å². The Morgan fingerprint density at radius 3 is 2.72 bits per heavy atom. The molecule has 3 aliphatic rings. The Balaban J connectivity index is 1.29. The van der Waals surface area contributed by atoms with E-state index in [0.29, 0.717) is 40.6 Å². The summed E-state index contributed by atoms with van der Waals surface area (Å²) in [6.45, 7) is 7.73. The van der Waals surface area contributed by atoms with Crippen LogP contribution in [0.15, 0.2) is 50.4 Å². The number of anilines is 1. The monoisotopic (exact) mass is 638 g/mol. The smallest absolute Gasteiger partial charge is 0.250 e. The summed E-state index contributed by atoms with van der Waals surface area (Å²) in [5.74, 6) is 3.57. The third kappa shape index (κ3) is 5.23. The summed E-state index contributed by atoms with van der Waals surface area (Å²) in [6.07, 6.45) is 9.29. The number of nitrogens with one attached hydrogen (secondary N) is 1. The molecule has 1 N–H and O–H groups in total. The van der Waals surface area contributed by atoms with Crippen molar-refractivity contribution in [2.24, 2.45) is 11.8 Å². The summed E-state index contributed by atoms with van der Waals surface area (Å²) in [5, 5.41) is 13.2. The van der Waals surface area contributed by atoms with Crippen LogP contribution in [-0.4, -0.2) is 48.3 Å². The lowest BCUT2D eigenvalue weighted by atomic mass is 9.89. The second-order valence-corrected chi connectivity index (χ2v) is 14.5. The molecule has 5 aromatic rings. The van der Waals surface area contributed by atoms with Gasteiger partial charge in [0.15, 0.2) is 11.4 Å². The van der Waals surface area contributed by atoms with E-state index < -0.39 is 10.8 Å². The number of nitrogens with zero attached hydrogens (tertiary/aromatic N) is 5. The van der Waals surface area contributed by atoms with Gasteiger partial charge in [0.05, 0.1) is 38.7 Å². The summed E-state index contributed by atoms with van der Waals surface area (Å²) >= 11 is 0. The second-order valence-electron chi connectivity index (χ2n) is 13.1. The molecule has 0 amide bonds. The lowest BCUT2D eigenvalue weighted by Gasteiger charge is -2.23. The Hall–Kier alpha value is -3.96. The highest BCUT2D eigenvalue weighted by Gasteiger charge is 2.39. The summed E-state index contributed by atoms with van der Waals surface area (Å²) < 4.78 is 32.5. The van der Waals surface area contributed by atoms with Crippen LogP contribution < -0.4 is 5.32 Å². The molecule has 238 valence electrons. The summed E-state index contributed by atoms with van der Waals surface area (Å²) in [4.78, 5) is 15.3. The molecule has 7 heterocycles. The molecule has 3 atom stereocenters. The van der Waals surface area contributed by atoms with Crippen LogP contribution in [0.3, 0.4) is 0 Å². The number of rotatable bonds is 8. The van der Waals surface area contributed by atoms with Gasteiger partial charge in [-0.15, -0.1) is 10.2 Å². The predicted octanol–water partition coefficient (Wildman–Crippen LogP) is 6.96. The highest BCUT2D eigenvalue weighted by Crippen LogP contribution is 2.48. The van der Waals surface area contributed by atoms with Gasteiger partial charge in [0.1, 0.15) is 5.76 Å². The Kier molecular flexibility index (Phi) is 7.68. The first-order chi connectivity index (χ1) is 22.4. The normalized spacial score (nSPS) is 21.3. The minimum atomic E-state index is -1.28. The second kappa shape index (κ2) is 12.0. The van der Waals surface area contributed by atoms with Gasteiger partial charge in [-0.05, 0) is 74.1 Å². The maximum atomic E-state index is 14.0. The third-order valence-electron chi connectivity index (χ3n) is 9.80. The SMILES string of the molecule is Cc1nnc(-c2c(CCC3CCOCC3)nc3c(c2-c2cc4ccnc(NC5CCc6ncccc65)c4o2)S(=O)CC3C(C)C)o1. The van der Waals surface area contributed by atoms with E-state index in [0.717, 1.165) is 90.2 Å². The molecule has 0 radical (unpaired) electrons. The van der Waals surface area contributed by atoms with Gasteiger partial charge in [0.25, 0.3) is 0 Å². The van der Waals surface area contributed by atoms with Crippen molar-refractivity contribution in [2.45, 2.75) is 76.2 Å². The zero-order chi connectivity index (χ0) is 31.4. The van der Waals surface area contributed by atoms with Crippen molar-refractivity contribution >= 4 is 27.6 Å². The molecule has 1 saturated heterocycles. The molecule has 1 fully saturated rings. The van der Waals surface area contributed by atoms with Gasteiger partial charge < -0.3 is 18.9 Å². The first-order valence-corrected chi connectivity index (χ1v) is 17.7. The standard InChI is InChI=1S/C35H38N6O4S/c1-19(2)24-18-46(42)33-30(29(35-41-40-20(3)44-35)27(38-31(24)33)7-6-21-11-15-43-16-12-21)28-17-22-10-14-37-34(32(22)45-28)39-26-9-8-25-23(26)5-4-13-36-25/h4-5,10,13-14,17,19,21,24,26H,6-9,11-12,15-16,18H2,1-3H3,(H,37,39). The van der Waals surface area contributed by atoms with Crippen molar-refractivity contribution in [1.82, 2.24) is 25.1 Å². The van der Waals surface area contributed by atoms with Crippen LogP contribution >= 0.6 is 0 Å². The van der Waals surface area contributed by atoms with Crippen molar-refractivity contribution < 1.29 is 17.8 Å². The molecular weight excluding hydrogens is 600 g/mol. The molecule has 10 nitrogen and oxygen atoms in total. The third-order valence-corrected chi connectivity index (χ3v) is 11.3. The number of fused-ring (bicyclic) bond motifs is 3. The van der Waals surface area contributed by atoms with E-state index in [9.17, 15) is 4.21 Å². The Morgan fingerprint density at radius 2 is 1.91 bits per heavy atom. The average Bonchev–Trinajstić information content (AvgIpc) is 3.86. The number of pyridine rings is 3. The number of ether oxygens (including phenoxy) is 1. The largest absolute Gasteiger partial charge is 0.452 e. The lowest BCUT2D eigenvalue weighted by Crippen LogP contribution is -2.17. The maximum absolute atomic E-state index is 14.0. The van der Waals surface area contributed by atoms with Crippen molar-refractivity contribution in [3.05, 3.63) is 65.2 Å². The molecule has 5 aromatic heterocycles. The van der Waals surface area contributed by atoms with E-state index in [-0.39, 0.29) is 17.9 Å².